The lowest BCUT2D eigenvalue weighted by atomic mass is 10.1. The minimum atomic E-state index is -0.341. The quantitative estimate of drug-likeness (QED) is 0.355. The smallest absolute Gasteiger partial charge is 0.315 e. The van der Waals surface area contributed by atoms with Crippen LogP contribution in [0.5, 0.6) is 0 Å². The van der Waals surface area contributed by atoms with Crippen LogP contribution in [0.1, 0.15) is 22.8 Å². The topological polar surface area (TPSA) is 81.4 Å². The van der Waals surface area contributed by atoms with E-state index in [9.17, 15) is 9.59 Å². The summed E-state index contributed by atoms with van der Waals surface area (Å²) in [7, 11) is 0. The van der Waals surface area contributed by atoms with Gasteiger partial charge in [0, 0.05) is 15.8 Å². The maximum absolute atomic E-state index is 11.3. The van der Waals surface area contributed by atoms with Crippen molar-refractivity contribution in [1.29, 1.82) is 0 Å². The molecule has 1 rings (SSSR count). The number of ether oxygens (including phenoxy) is 1. The first kappa shape index (κ1) is 16.0. The van der Waals surface area contributed by atoms with Crippen molar-refractivity contribution in [1.82, 2.24) is 5.43 Å². The Hall–Kier alpha value is -1.05. The second-order valence-corrected chi connectivity index (χ2v) is 5.42. The molecule has 19 heavy (non-hydrogen) atoms. The van der Waals surface area contributed by atoms with Gasteiger partial charge in [0.2, 0.25) is 0 Å². The Morgan fingerprint density at radius 2 is 2.21 bits per heavy atom. The van der Waals surface area contributed by atoms with Crippen molar-refractivity contribution < 1.29 is 14.3 Å². The van der Waals surface area contributed by atoms with Crippen molar-refractivity contribution in [2.45, 2.75) is 12.7 Å². The number of amides is 1. The minimum Gasteiger partial charge on any atom is -0.465 e. The van der Waals surface area contributed by atoms with Crippen LogP contribution < -0.4 is 11.3 Å². The van der Waals surface area contributed by atoms with Crippen molar-refractivity contribution in [3.63, 3.8) is 0 Å². The maximum atomic E-state index is 11.3. The van der Waals surface area contributed by atoms with E-state index in [1.54, 1.807) is 19.1 Å². The van der Waals surface area contributed by atoms with Crippen LogP contribution in [0, 0.1) is 0 Å². The second-order valence-electron chi connectivity index (χ2n) is 3.58. The normalized spacial score (nSPS) is 10.1. The molecule has 1 amide bonds. The highest BCUT2D eigenvalue weighted by molar-refractivity contribution is 9.10. The second kappa shape index (κ2) is 8.19. The fraction of sp³-hybridized carbons (Fsp3) is 0.333. The Bertz CT molecular complexity index is 468. The lowest BCUT2D eigenvalue weighted by Gasteiger charge is -2.07. The molecule has 0 aliphatic rings. The first-order valence-electron chi connectivity index (χ1n) is 5.61. The largest absolute Gasteiger partial charge is 0.465 e. The molecule has 0 saturated heterocycles. The van der Waals surface area contributed by atoms with E-state index in [0.717, 1.165) is 10.0 Å². The number of hydrogen-bond acceptors (Lipinski definition) is 5. The predicted molar refractivity (Wildman–Crippen MR) is 78.6 cm³/mol. The van der Waals surface area contributed by atoms with Gasteiger partial charge in [-0.1, -0.05) is 22.0 Å². The molecule has 1 aromatic carbocycles. The average molecular weight is 347 g/mol. The summed E-state index contributed by atoms with van der Waals surface area (Å²) in [4.78, 5) is 22.5. The van der Waals surface area contributed by atoms with Crippen molar-refractivity contribution in [3.05, 3.63) is 33.8 Å². The molecule has 0 unspecified atom stereocenters. The number of hydrazine groups is 1. The third-order valence-electron chi connectivity index (χ3n) is 2.23. The van der Waals surface area contributed by atoms with E-state index in [4.69, 9.17) is 10.6 Å². The SMILES string of the molecule is CCOC(=O)CSCc1ccc(C(=O)NN)cc1Br. The van der Waals surface area contributed by atoms with Crippen LogP contribution in [-0.4, -0.2) is 24.2 Å². The third kappa shape index (κ3) is 5.22. The maximum Gasteiger partial charge on any atom is 0.315 e. The Morgan fingerprint density at radius 3 is 2.79 bits per heavy atom. The summed E-state index contributed by atoms with van der Waals surface area (Å²) in [6.07, 6.45) is 0. The summed E-state index contributed by atoms with van der Waals surface area (Å²) in [6.45, 7) is 2.17. The Kier molecular flexibility index (Phi) is 6.90. The molecule has 0 bridgehead atoms. The van der Waals surface area contributed by atoms with Gasteiger partial charge in [-0.05, 0) is 24.6 Å². The molecule has 0 heterocycles. The minimum absolute atomic E-state index is 0.220. The number of halogens is 1. The number of rotatable bonds is 6. The summed E-state index contributed by atoms with van der Waals surface area (Å²) in [5.41, 5.74) is 3.56. The lowest BCUT2D eigenvalue weighted by Crippen LogP contribution is -2.29. The highest BCUT2D eigenvalue weighted by Gasteiger charge is 2.08. The van der Waals surface area contributed by atoms with Crippen LogP contribution in [0.2, 0.25) is 0 Å². The lowest BCUT2D eigenvalue weighted by molar-refractivity contribution is -0.139. The molecular formula is C12H15BrN2O3S. The molecule has 0 spiro atoms. The van der Waals surface area contributed by atoms with Gasteiger partial charge in [-0.25, -0.2) is 5.84 Å². The summed E-state index contributed by atoms with van der Waals surface area (Å²) >= 11 is 4.85. The van der Waals surface area contributed by atoms with Gasteiger partial charge in [0.1, 0.15) is 0 Å². The molecule has 0 radical (unpaired) electrons. The summed E-state index contributed by atoms with van der Waals surface area (Å²) < 4.78 is 5.65. The highest BCUT2D eigenvalue weighted by Crippen LogP contribution is 2.23. The standard InChI is InChI=1S/C12H15BrN2O3S/c1-2-18-11(16)7-19-6-9-4-3-8(5-10(9)13)12(17)15-14/h3-5H,2,6-7,14H2,1H3,(H,15,17). The summed E-state index contributed by atoms with van der Waals surface area (Å²) in [5, 5.41) is 0. The number of nitrogens with one attached hydrogen (secondary N) is 1. The first-order chi connectivity index (χ1) is 9.08. The van der Waals surface area contributed by atoms with Gasteiger partial charge >= 0.3 is 5.97 Å². The number of carbonyl (C=O) groups excluding carboxylic acids is 2. The molecule has 0 fully saturated rings. The monoisotopic (exact) mass is 346 g/mol. The predicted octanol–water partition coefficient (Wildman–Crippen LogP) is 1.85. The molecule has 0 aliphatic heterocycles. The van der Waals surface area contributed by atoms with Crippen molar-refractivity contribution in [2.24, 2.45) is 5.84 Å². The molecule has 0 aromatic heterocycles. The zero-order valence-corrected chi connectivity index (χ0v) is 12.8. The summed E-state index contributed by atoms with van der Waals surface area (Å²) in [6, 6.07) is 5.21. The van der Waals surface area contributed by atoms with Gasteiger partial charge in [-0.3, -0.25) is 15.0 Å². The van der Waals surface area contributed by atoms with E-state index < -0.39 is 0 Å². The molecule has 7 heteroatoms. The zero-order valence-electron chi connectivity index (χ0n) is 10.4. The number of thioether (sulfide) groups is 1. The van der Waals surface area contributed by atoms with E-state index >= 15 is 0 Å². The Morgan fingerprint density at radius 1 is 1.47 bits per heavy atom. The number of nitrogens with two attached hydrogens (primary N) is 1. The molecule has 0 atom stereocenters. The molecule has 0 aliphatic carbocycles. The zero-order chi connectivity index (χ0) is 14.3. The van der Waals surface area contributed by atoms with Crippen LogP contribution in [0.4, 0.5) is 0 Å². The van der Waals surface area contributed by atoms with Gasteiger partial charge in [-0.2, -0.15) is 0 Å². The number of hydrogen-bond donors (Lipinski definition) is 2. The van der Waals surface area contributed by atoms with Gasteiger partial charge in [0.15, 0.2) is 0 Å². The van der Waals surface area contributed by atoms with Gasteiger partial charge < -0.3 is 4.74 Å². The van der Waals surface area contributed by atoms with Crippen LogP contribution in [0.15, 0.2) is 22.7 Å². The van der Waals surface area contributed by atoms with Crippen LogP contribution in [0.3, 0.4) is 0 Å². The Labute approximate surface area is 124 Å². The third-order valence-corrected chi connectivity index (χ3v) is 3.92. The molecule has 104 valence electrons. The van der Waals surface area contributed by atoms with Crippen molar-refractivity contribution >= 4 is 39.6 Å². The molecular weight excluding hydrogens is 332 g/mol. The fourth-order valence-electron chi connectivity index (χ4n) is 1.34. The number of benzene rings is 1. The van der Waals surface area contributed by atoms with Gasteiger partial charge in [-0.15, -0.1) is 11.8 Å². The van der Waals surface area contributed by atoms with E-state index in [1.165, 1.54) is 11.8 Å². The Balaban J connectivity index is 2.56. The van der Waals surface area contributed by atoms with Crippen molar-refractivity contribution in [3.8, 4) is 0 Å². The van der Waals surface area contributed by atoms with Crippen molar-refractivity contribution in [2.75, 3.05) is 12.4 Å². The summed E-state index contributed by atoms with van der Waals surface area (Å²) in [5.74, 6) is 5.47. The van der Waals surface area contributed by atoms with Crippen LogP contribution in [-0.2, 0) is 15.3 Å². The molecule has 5 nitrogen and oxygen atoms in total. The van der Waals surface area contributed by atoms with Crippen LogP contribution in [0.25, 0.3) is 0 Å². The average Bonchev–Trinajstić information content (AvgIpc) is 2.40. The first-order valence-corrected chi connectivity index (χ1v) is 7.56. The van der Waals surface area contributed by atoms with Crippen LogP contribution >= 0.6 is 27.7 Å². The van der Waals surface area contributed by atoms with Gasteiger partial charge in [0.25, 0.3) is 5.91 Å². The molecule has 1 aromatic rings. The van der Waals surface area contributed by atoms with Gasteiger partial charge in [0.05, 0.1) is 12.4 Å². The number of carbonyl (C=O) groups is 2. The van der Waals surface area contributed by atoms with E-state index in [-0.39, 0.29) is 11.9 Å². The van der Waals surface area contributed by atoms with E-state index in [0.29, 0.717) is 23.7 Å². The molecule has 0 saturated carbocycles. The number of nitrogen functional groups attached to an aromatic ring is 1. The van der Waals surface area contributed by atoms with E-state index in [1.807, 2.05) is 6.07 Å². The van der Waals surface area contributed by atoms with E-state index in [2.05, 4.69) is 21.4 Å². The fourth-order valence-corrected chi connectivity index (χ4v) is 2.86. The molecule has 3 N–H and O–H groups in total. The highest BCUT2D eigenvalue weighted by atomic mass is 79.9. The number of esters is 1.